The number of hydrogen-bond acceptors (Lipinski definition) is 4. The van der Waals surface area contributed by atoms with E-state index in [-0.39, 0.29) is 0 Å². The fourth-order valence-corrected chi connectivity index (χ4v) is 2.65. The van der Waals surface area contributed by atoms with Crippen molar-refractivity contribution in [2.45, 2.75) is 25.9 Å². The summed E-state index contributed by atoms with van der Waals surface area (Å²) in [6.45, 7) is 7.61. The third kappa shape index (κ3) is 6.04. The molecule has 4 nitrogen and oxygen atoms in total. The monoisotopic (exact) mass is 292 g/mol. The van der Waals surface area contributed by atoms with Gasteiger partial charge in [0.05, 0.1) is 0 Å². The summed E-state index contributed by atoms with van der Waals surface area (Å²) >= 11 is 0. The zero-order valence-corrected chi connectivity index (χ0v) is 13.3. The van der Waals surface area contributed by atoms with Gasteiger partial charge in [0.2, 0.25) is 0 Å². The number of likely N-dealkylation sites (tertiary alicyclic amines) is 1. The lowest BCUT2D eigenvalue weighted by atomic mass is 10.2. The molecule has 1 unspecified atom stereocenters. The Morgan fingerprint density at radius 2 is 1.90 bits per heavy atom. The summed E-state index contributed by atoms with van der Waals surface area (Å²) in [5, 5.41) is 10.0. The average Bonchev–Trinajstić information content (AvgIpc) is 2.98. The summed E-state index contributed by atoms with van der Waals surface area (Å²) in [4.78, 5) is 4.67. The van der Waals surface area contributed by atoms with Gasteiger partial charge in [0, 0.05) is 19.6 Å². The molecule has 0 spiro atoms. The number of aliphatic hydroxyl groups is 1. The molecule has 1 aliphatic heterocycles. The molecule has 1 heterocycles. The number of hydrogen-bond donors (Lipinski definition) is 1. The fraction of sp³-hybridized carbons (Fsp3) is 0.647. The van der Waals surface area contributed by atoms with Crippen LogP contribution in [0.4, 0.5) is 0 Å². The van der Waals surface area contributed by atoms with E-state index in [0.717, 1.165) is 18.8 Å². The summed E-state index contributed by atoms with van der Waals surface area (Å²) in [6.07, 6.45) is 2.21. The number of aryl methyl sites for hydroxylation is 1. The maximum Gasteiger partial charge on any atom is 0.119 e. The summed E-state index contributed by atoms with van der Waals surface area (Å²) in [7, 11) is 2.06. The zero-order chi connectivity index (χ0) is 15.1. The Kier molecular flexibility index (Phi) is 6.49. The smallest absolute Gasteiger partial charge is 0.119 e. The molecule has 1 aromatic carbocycles. The molecule has 1 saturated heterocycles. The first-order valence-electron chi connectivity index (χ1n) is 7.92. The molecule has 2 rings (SSSR count). The minimum Gasteiger partial charge on any atom is -0.491 e. The Hall–Kier alpha value is -1.10. The normalized spacial score (nSPS) is 17.3. The van der Waals surface area contributed by atoms with Crippen LogP contribution in [0.1, 0.15) is 18.4 Å². The first-order valence-corrected chi connectivity index (χ1v) is 7.92. The molecule has 1 aromatic rings. The minimum absolute atomic E-state index is 0.344. The predicted octanol–water partition coefficient (Wildman–Crippen LogP) is 1.76. The molecule has 0 aliphatic carbocycles. The van der Waals surface area contributed by atoms with Crippen LogP contribution in [-0.4, -0.2) is 67.4 Å². The highest BCUT2D eigenvalue weighted by Crippen LogP contribution is 2.11. The van der Waals surface area contributed by atoms with Gasteiger partial charge in [-0.05, 0) is 52.0 Å². The molecule has 1 fully saturated rings. The van der Waals surface area contributed by atoms with Crippen LogP contribution in [0.5, 0.6) is 5.75 Å². The van der Waals surface area contributed by atoms with Crippen LogP contribution in [0.3, 0.4) is 0 Å². The summed E-state index contributed by atoms with van der Waals surface area (Å²) in [6, 6.07) is 7.92. The van der Waals surface area contributed by atoms with Crippen molar-refractivity contribution >= 4 is 0 Å². The highest BCUT2D eigenvalue weighted by Gasteiger charge is 2.13. The number of ether oxygens (including phenoxy) is 1. The summed E-state index contributed by atoms with van der Waals surface area (Å²) in [5.41, 5.74) is 1.21. The topological polar surface area (TPSA) is 35.9 Å². The van der Waals surface area contributed by atoms with E-state index in [9.17, 15) is 5.11 Å². The van der Waals surface area contributed by atoms with Crippen LogP contribution in [-0.2, 0) is 0 Å². The van der Waals surface area contributed by atoms with Crippen molar-refractivity contribution < 1.29 is 9.84 Å². The third-order valence-electron chi connectivity index (χ3n) is 3.98. The second-order valence-electron chi connectivity index (χ2n) is 6.09. The van der Waals surface area contributed by atoms with E-state index in [4.69, 9.17) is 4.74 Å². The highest BCUT2D eigenvalue weighted by molar-refractivity contribution is 5.26. The Morgan fingerprint density at radius 1 is 1.24 bits per heavy atom. The van der Waals surface area contributed by atoms with E-state index in [1.165, 1.54) is 31.5 Å². The van der Waals surface area contributed by atoms with Crippen molar-refractivity contribution in [1.29, 1.82) is 0 Å². The Balaban J connectivity index is 1.61. The first-order chi connectivity index (χ1) is 10.1. The van der Waals surface area contributed by atoms with E-state index in [2.05, 4.69) is 16.8 Å². The molecule has 118 valence electrons. The molecule has 1 atom stereocenters. The molecule has 0 radical (unpaired) electrons. The molecular formula is C17H28N2O2. The van der Waals surface area contributed by atoms with Gasteiger partial charge in [-0.2, -0.15) is 0 Å². The van der Waals surface area contributed by atoms with Gasteiger partial charge in [0.25, 0.3) is 0 Å². The van der Waals surface area contributed by atoms with E-state index in [1.807, 2.05) is 31.2 Å². The van der Waals surface area contributed by atoms with Crippen molar-refractivity contribution in [1.82, 2.24) is 9.80 Å². The minimum atomic E-state index is -0.449. The lowest BCUT2D eigenvalue weighted by Crippen LogP contribution is -2.37. The highest BCUT2D eigenvalue weighted by atomic mass is 16.5. The average molecular weight is 292 g/mol. The number of rotatable bonds is 8. The maximum absolute atomic E-state index is 10.0. The van der Waals surface area contributed by atoms with Gasteiger partial charge in [-0.15, -0.1) is 0 Å². The lowest BCUT2D eigenvalue weighted by molar-refractivity contribution is 0.0738. The molecule has 1 N–H and O–H groups in total. The zero-order valence-electron chi connectivity index (χ0n) is 13.3. The molecule has 21 heavy (non-hydrogen) atoms. The van der Waals surface area contributed by atoms with Crippen LogP contribution < -0.4 is 4.74 Å². The summed E-state index contributed by atoms with van der Waals surface area (Å²) < 4.78 is 5.61. The lowest BCUT2D eigenvalue weighted by Gasteiger charge is -2.23. The van der Waals surface area contributed by atoms with Crippen LogP contribution in [0, 0.1) is 6.92 Å². The van der Waals surface area contributed by atoms with Crippen LogP contribution in [0.2, 0.25) is 0 Å². The number of likely N-dealkylation sites (N-methyl/N-ethyl adjacent to an activating group) is 1. The van der Waals surface area contributed by atoms with Gasteiger partial charge in [0.15, 0.2) is 0 Å². The largest absolute Gasteiger partial charge is 0.491 e. The van der Waals surface area contributed by atoms with Crippen LogP contribution in [0.15, 0.2) is 24.3 Å². The molecule has 4 heteroatoms. The summed E-state index contributed by atoms with van der Waals surface area (Å²) in [5.74, 6) is 0.819. The van der Waals surface area contributed by atoms with E-state index < -0.39 is 6.10 Å². The second kappa shape index (κ2) is 8.37. The number of benzene rings is 1. The Morgan fingerprint density at radius 3 is 2.57 bits per heavy atom. The number of nitrogens with zero attached hydrogens (tertiary/aromatic N) is 2. The van der Waals surface area contributed by atoms with Crippen LogP contribution >= 0.6 is 0 Å². The standard InChI is InChI=1S/C17H28N2O2/c1-15-5-7-17(8-6-15)21-14-16(20)13-18(2)11-12-19-9-3-4-10-19/h5-8,16,20H,3-4,9-14H2,1-2H3. The van der Waals surface area contributed by atoms with Crippen LogP contribution in [0.25, 0.3) is 0 Å². The Labute approximate surface area is 128 Å². The SMILES string of the molecule is Cc1ccc(OCC(O)CN(C)CCN2CCCC2)cc1. The van der Waals surface area contributed by atoms with Gasteiger partial charge in [-0.1, -0.05) is 17.7 Å². The molecule has 0 saturated carbocycles. The van der Waals surface area contributed by atoms with Crippen molar-refractivity contribution in [2.24, 2.45) is 0 Å². The Bertz CT molecular complexity index is 402. The van der Waals surface area contributed by atoms with E-state index in [1.54, 1.807) is 0 Å². The predicted molar refractivity (Wildman–Crippen MR) is 85.9 cm³/mol. The van der Waals surface area contributed by atoms with Gasteiger partial charge in [0.1, 0.15) is 18.5 Å². The molecule has 0 aromatic heterocycles. The fourth-order valence-electron chi connectivity index (χ4n) is 2.65. The second-order valence-corrected chi connectivity index (χ2v) is 6.09. The molecular weight excluding hydrogens is 264 g/mol. The van der Waals surface area contributed by atoms with Gasteiger partial charge < -0.3 is 19.6 Å². The van der Waals surface area contributed by atoms with Crippen molar-refractivity contribution in [3.63, 3.8) is 0 Å². The maximum atomic E-state index is 10.0. The van der Waals surface area contributed by atoms with Crippen molar-refractivity contribution in [3.8, 4) is 5.75 Å². The van der Waals surface area contributed by atoms with Gasteiger partial charge >= 0.3 is 0 Å². The number of aliphatic hydroxyl groups excluding tert-OH is 1. The van der Waals surface area contributed by atoms with Gasteiger partial charge in [-0.3, -0.25) is 0 Å². The molecule has 1 aliphatic rings. The third-order valence-corrected chi connectivity index (χ3v) is 3.98. The van der Waals surface area contributed by atoms with Gasteiger partial charge in [-0.25, -0.2) is 0 Å². The van der Waals surface area contributed by atoms with E-state index >= 15 is 0 Å². The molecule has 0 bridgehead atoms. The first kappa shape index (κ1) is 16.3. The van der Waals surface area contributed by atoms with Crippen molar-refractivity contribution in [2.75, 3.05) is 46.4 Å². The van der Waals surface area contributed by atoms with E-state index in [0.29, 0.717) is 13.2 Å². The quantitative estimate of drug-likeness (QED) is 0.792. The molecule has 0 amide bonds. The van der Waals surface area contributed by atoms with Crippen molar-refractivity contribution in [3.05, 3.63) is 29.8 Å².